The van der Waals surface area contributed by atoms with Gasteiger partial charge in [0.15, 0.2) is 0 Å². The van der Waals surface area contributed by atoms with E-state index in [1.165, 1.54) is 24.3 Å². The lowest BCUT2D eigenvalue weighted by Gasteiger charge is -2.10. The summed E-state index contributed by atoms with van der Waals surface area (Å²) in [6.45, 7) is 1.64. The van der Waals surface area contributed by atoms with Crippen LogP contribution in [0.5, 0.6) is 0 Å². The quantitative estimate of drug-likeness (QED) is 0.459. The third-order valence-corrected chi connectivity index (χ3v) is 3.23. The SMILES string of the molecule is C/C(=N/Nc1cc(C(F)(F)F)ccc1Cl)c1ccc(F)cc1. The molecular weight excluding hydrogens is 320 g/mol. The maximum Gasteiger partial charge on any atom is 0.416 e. The van der Waals surface area contributed by atoms with Crippen molar-refractivity contribution in [3.05, 3.63) is 64.4 Å². The monoisotopic (exact) mass is 330 g/mol. The van der Waals surface area contributed by atoms with Crippen molar-refractivity contribution in [3.63, 3.8) is 0 Å². The van der Waals surface area contributed by atoms with Crippen LogP contribution < -0.4 is 5.43 Å². The Kier molecular flexibility index (Phi) is 4.71. The second kappa shape index (κ2) is 6.36. The Balaban J connectivity index is 2.23. The normalized spacial score (nSPS) is 12.4. The maximum absolute atomic E-state index is 12.8. The third-order valence-electron chi connectivity index (χ3n) is 2.90. The molecule has 7 heteroatoms. The van der Waals surface area contributed by atoms with Gasteiger partial charge in [-0.05, 0) is 42.8 Å². The van der Waals surface area contributed by atoms with Gasteiger partial charge in [-0.3, -0.25) is 5.43 Å². The van der Waals surface area contributed by atoms with Crippen molar-refractivity contribution in [2.24, 2.45) is 5.10 Å². The number of nitrogens with one attached hydrogen (secondary N) is 1. The molecule has 1 N–H and O–H groups in total. The second-order valence-corrected chi connectivity index (χ2v) is 4.92. The molecule has 0 spiro atoms. The highest BCUT2D eigenvalue weighted by molar-refractivity contribution is 6.33. The van der Waals surface area contributed by atoms with E-state index in [4.69, 9.17) is 11.6 Å². The van der Waals surface area contributed by atoms with Gasteiger partial charge in [0.25, 0.3) is 0 Å². The summed E-state index contributed by atoms with van der Waals surface area (Å²) >= 11 is 5.85. The molecule has 2 rings (SSSR count). The molecule has 0 aliphatic rings. The van der Waals surface area contributed by atoms with Gasteiger partial charge in [-0.15, -0.1) is 0 Å². The Bertz CT molecular complexity index is 694. The van der Waals surface area contributed by atoms with E-state index in [-0.39, 0.29) is 16.5 Å². The minimum absolute atomic E-state index is 0.0398. The number of nitrogens with zero attached hydrogens (tertiary/aromatic N) is 1. The smallest absolute Gasteiger partial charge is 0.277 e. The molecular formula is C15H11ClF4N2. The van der Waals surface area contributed by atoms with E-state index in [0.717, 1.165) is 18.2 Å². The van der Waals surface area contributed by atoms with Gasteiger partial charge >= 0.3 is 6.18 Å². The number of hydrogen-bond acceptors (Lipinski definition) is 2. The number of rotatable bonds is 3. The first-order valence-electron chi connectivity index (χ1n) is 6.20. The van der Waals surface area contributed by atoms with Gasteiger partial charge in [-0.1, -0.05) is 23.7 Å². The van der Waals surface area contributed by atoms with Gasteiger partial charge < -0.3 is 0 Å². The molecule has 0 bridgehead atoms. The first-order chi connectivity index (χ1) is 10.3. The summed E-state index contributed by atoms with van der Waals surface area (Å²) in [5, 5.41) is 4.09. The van der Waals surface area contributed by atoms with Gasteiger partial charge in [-0.25, -0.2) is 4.39 Å². The topological polar surface area (TPSA) is 24.4 Å². The molecule has 2 nitrogen and oxygen atoms in total. The number of alkyl halides is 3. The second-order valence-electron chi connectivity index (χ2n) is 4.51. The highest BCUT2D eigenvalue weighted by atomic mass is 35.5. The fraction of sp³-hybridized carbons (Fsp3) is 0.133. The zero-order chi connectivity index (χ0) is 16.3. The molecule has 116 valence electrons. The van der Waals surface area contributed by atoms with Gasteiger partial charge in [0.05, 0.1) is 22.0 Å². The summed E-state index contributed by atoms with van der Waals surface area (Å²) in [7, 11) is 0. The van der Waals surface area contributed by atoms with E-state index in [2.05, 4.69) is 10.5 Å². The number of halogens is 5. The molecule has 22 heavy (non-hydrogen) atoms. The van der Waals surface area contributed by atoms with Crippen LogP contribution in [0, 0.1) is 5.82 Å². The fourth-order valence-electron chi connectivity index (χ4n) is 1.69. The van der Waals surface area contributed by atoms with Crippen molar-refractivity contribution in [2.45, 2.75) is 13.1 Å². The lowest BCUT2D eigenvalue weighted by Crippen LogP contribution is -2.06. The predicted octanol–water partition coefficient (Wildman–Crippen LogP) is 5.33. The zero-order valence-corrected chi connectivity index (χ0v) is 12.1. The van der Waals surface area contributed by atoms with E-state index in [0.29, 0.717) is 11.3 Å². The van der Waals surface area contributed by atoms with Crippen molar-refractivity contribution < 1.29 is 17.6 Å². The van der Waals surface area contributed by atoms with Gasteiger partial charge in [0.1, 0.15) is 5.82 Å². The average Bonchev–Trinajstić information content (AvgIpc) is 2.45. The Morgan fingerprint density at radius 1 is 1.09 bits per heavy atom. The van der Waals surface area contributed by atoms with E-state index >= 15 is 0 Å². The molecule has 0 atom stereocenters. The molecule has 0 aromatic heterocycles. The Morgan fingerprint density at radius 2 is 1.73 bits per heavy atom. The molecule has 2 aromatic rings. The fourth-order valence-corrected chi connectivity index (χ4v) is 1.85. The van der Waals surface area contributed by atoms with Crippen LogP contribution in [0.15, 0.2) is 47.6 Å². The number of hydrogen-bond donors (Lipinski definition) is 1. The highest BCUT2D eigenvalue weighted by Gasteiger charge is 2.30. The summed E-state index contributed by atoms with van der Waals surface area (Å²) in [6, 6.07) is 8.49. The van der Waals surface area contributed by atoms with Crippen molar-refractivity contribution in [1.82, 2.24) is 0 Å². The van der Waals surface area contributed by atoms with Gasteiger partial charge in [0, 0.05) is 0 Å². The third kappa shape index (κ3) is 3.98. The first-order valence-corrected chi connectivity index (χ1v) is 6.58. The molecule has 0 amide bonds. The summed E-state index contributed by atoms with van der Waals surface area (Å²) in [4.78, 5) is 0. The van der Waals surface area contributed by atoms with Crippen molar-refractivity contribution in [3.8, 4) is 0 Å². The van der Waals surface area contributed by atoms with Crippen LogP contribution in [0.3, 0.4) is 0 Å². The number of anilines is 1. The first kappa shape index (κ1) is 16.3. The predicted molar refractivity (Wildman–Crippen MR) is 78.7 cm³/mol. The highest BCUT2D eigenvalue weighted by Crippen LogP contribution is 2.33. The molecule has 0 radical (unpaired) electrons. The molecule has 0 unspecified atom stereocenters. The molecule has 0 saturated carbocycles. The molecule has 0 aliphatic heterocycles. The minimum Gasteiger partial charge on any atom is -0.277 e. The Labute approximate surface area is 129 Å². The van der Waals surface area contributed by atoms with E-state index < -0.39 is 11.7 Å². The van der Waals surface area contributed by atoms with Crippen molar-refractivity contribution >= 4 is 23.0 Å². The Morgan fingerprint density at radius 3 is 2.32 bits per heavy atom. The van der Waals surface area contributed by atoms with Crippen LogP contribution >= 0.6 is 11.6 Å². The van der Waals surface area contributed by atoms with Gasteiger partial charge in [-0.2, -0.15) is 18.3 Å². The minimum atomic E-state index is -4.46. The van der Waals surface area contributed by atoms with E-state index in [1.807, 2.05) is 0 Å². The molecule has 0 saturated heterocycles. The van der Waals surface area contributed by atoms with Gasteiger partial charge in [0.2, 0.25) is 0 Å². The van der Waals surface area contributed by atoms with Crippen LogP contribution in [-0.2, 0) is 6.18 Å². The maximum atomic E-state index is 12.8. The molecule has 0 heterocycles. The zero-order valence-electron chi connectivity index (χ0n) is 11.4. The van der Waals surface area contributed by atoms with Crippen LogP contribution in [0.25, 0.3) is 0 Å². The summed E-state index contributed by atoms with van der Waals surface area (Å²) < 4.78 is 50.8. The number of hydrazone groups is 1. The molecule has 2 aromatic carbocycles. The summed E-state index contributed by atoms with van der Waals surface area (Å²) in [5.41, 5.74) is 2.83. The van der Waals surface area contributed by atoms with Crippen molar-refractivity contribution in [2.75, 3.05) is 5.43 Å². The van der Waals surface area contributed by atoms with Crippen LogP contribution in [-0.4, -0.2) is 5.71 Å². The summed E-state index contributed by atoms with van der Waals surface area (Å²) in [6.07, 6.45) is -4.46. The Hall–Kier alpha value is -2.08. The van der Waals surface area contributed by atoms with Crippen molar-refractivity contribution in [1.29, 1.82) is 0 Å². The van der Waals surface area contributed by atoms with Crippen LogP contribution in [0.2, 0.25) is 5.02 Å². The lowest BCUT2D eigenvalue weighted by atomic mass is 10.1. The summed E-state index contributed by atoms with van der Waals surface area (Å²) in [5.74, 6) is -0.384. The van der Waals surface area contributed by atoms with E-state index in [9.17, 15) is 17.6 Å². The molecule has 0 fully saturated rings. The van der Waals surface area contributed by atoms with Crippen LogP contribution in [0.4, 0.5) is 23.2 Å². The van der Waals surface area contributed by atoms with E-state index in [1.54, 1.807) is 6.92 Å². The standard InChI is InChI=1S/C15H11ClF4N2/c1-9(10-2-5-12(17)6-3-10)21-22-14-8-11(15(18,19)20)4-7-13(14)16/h2-8,22H,1H3/b21-9-. The molecule has 0 aliphatic carbocycles. The lowest BCUT2D eigenvalue weighted by molar-refractivity contribution is -0.137. The van der Waals surface area contributed by atoms with Crippen LogP contribution in [0.1, 0.15) is 18.1 Å². The largest absolute Gasteiger partial charge is 0.416 e. The average molecular weight is 331 g/mol. The number of benzene rings is 2.